The van der Waals surface area contributed by atoms with Gasteiger partial charge in [-0.15, -0.1) is 0 Å². The van der Waals surface area contributed by atoms with Crippen molar-refractivity contribution in [2.75, 3.05) is 54.2 Å². The van der Waals surface area contributed by atoms with Crippen LogP contribution in [0.1, 0.15) is 22.3 Å². The maximum Gasteiger partial charge on any atom is 0.189 e. The third kappa shape index (κ3) is 11.7. The van der Waals surface area contributed by atoms with Crippen LogP contribution in [0.3, 0.4) is 0 Å². The van der Waals surface area contributed by atoms with Crippen LogP contribution in [0.5, 0.6) is 23.0 Å². The van der Waals surface area contributed by atoms with Gasteiger partial charge in [0.05, 0.1) is 26.4 Å². The molecule has 232 valence electrons. The summed E-state index contributed by atoms with van der Waals surface area (Å²) in [5.74, 6) is 2.51. The van der Waals surface area contributed by atoms with Gasteiger partial charge in [0, 0.05) is 20.3 Å². The molecule has 0 aliphatic carbocycles. The SMILES string of the molecule is COCCOCOc1ccc(/C=C/c2cc(OCc3ccccc3)cc(OCc3ccccc3)c2)cc1OCOCCOC. The minimum Gasteiger partial charge on any atom is -0.489 e. The van der Waals surface area contributed by atoms with Crippen molar-refractivity contribution in [3.05, 3.63) is 119 Å². The molecule has 0 atom stereocenters. The van der Waals surface area contributed by atoms with Gasteiger partial charge in [-0.05, 0) is 46.5 Å². The smallest absolute Gasteiger partial charge is 0.189 e. The van der Waals surface area contributed by atoms with Crippen LogP contribution in [0.4, 0.5) is 0 Å². The van der Waals surface area contributed by atoms with Crippen molar-refractivity contribution in [1.29, 1.82) is 0 Å². The van der Waals surface area contributed by atoms with Crippen molar-refractivity contribution in [1.82, 2.24) is 0 Å². The fourth-order valence-electron chi connectivity index (χ4n) is 4.00. The summed E-state index contributed by atoms with van der Waals surface area (Å²) in [5.41, 5.74) is 4.01. The maximum absolute atomic E-state index is 6.15. The van der Waals surface area contributed by atoms with Gasteiger partial charge < -0.3 is 37.9 Å². The molecule has 8 nitrogen and oxygen atoms in total. The van der Waals surface area contributed by atoms with Gasteiger partial charge in [-0.25, -0.2) is 0 Å². The van der Waals surface area contributed by atoms with E-state index < -0.39 is 0 Å². The van der Waals surface area contributed by atoms with E-state index in [1.54, 1.807) is 14.2 Å². The molecule has 0 fully saturated rings. The third-order valence-corrected chi connectivity index (χ3v) is 6.29. The zero-order valence-electron chi connectivity index (χ0n) is 25.3. The Bertz CT molecular complexity index is 1330. The summed E-state index contributed by atoms with van der Waals surface area (Å²) in [5, 5.41) is 0. The quantitative estimate of drug-likeness (QED) is 0.0609. The molecule has 0 spiro atoms. The molecule has 0 heterocycles. The first kappa shape index (κ1) is 32.6. The molecule has 4 rings (SSSR count). The van der Waals surface area contributed by atoms with Crippen LogP contribution in [-0.2, 0) is 32.2 Å². The van der Waals surface area contributed by atoms with Crippen LogP contribution < -0.4 is 18.9 Å². The fourth-order valence-corrected chi connectivity index (χ4v) is 4.00. The van der Waals surface area contributed by atoms with E-state index in [1.807, 2.05) is 109 Å². The lowest BCUT2D eigenvalue weighted by Crippen LogP contribution is -2.10. The Labute approximate surface area is 259 Å². The number of benzene rings is 4. The van der Waals surface area contributed by atoms with Gasteiger partial charge in [0.25, 0.3) is 0 Å². The van der Waals surface area contributed by atoms with Crippen molar-refractivity contribution >= 4 is 12.2 Å². The molecule has 0 aromatic heterocycles. The predicted octanol–water partition coefficient (Wildman–Crippen LogP) is 7.01. The van der Waals surface area contributed by atoms with Crippen LogP contribution in [0.25, 0.3) is 12.2 Å². The van der Waals surface area contributed by atoms with Crippen molar-refractivity contribution in [2.24, 2.45) is 0 Å². The highest BCUT2D eigenvalue weighted by Crippen LogP contribution is 2.30. The van der Waals surface area contributed by atoms with E-state index in [9.17, 15) is 0 Å². The molecule has 0 unspecified atom stereocenters. The number of hydrogen-bond acceptors (Lipinski definition) is 8. The van der Waals surface area contributed by atoms with Gasteiger partial charge in [-0.3, -0.25) is 0 Å². The van der Waals surface area contributed by atoms with Gasteiger partial charge in [0.15, 0.2) is 25.1 Å². The molecular weight excluding hydrogens is 560 g/mol. The lowest BCUT2D eigenvalue weighted by molar-refractivity contribution is -0.0207. The summed E-state index contributed by atoms with van der Waals surface area (Å²) in [6.45, 7) is 2.85. The van der Waals surface area contributed by atoms with E-state index in [0.717, 1.165) is 22.3 Å². The Kier molecular flexibility index (Phi) is 14.1. The molecule has 4 aromatic carbocycles. The Hall–Kier alpha value is -4.34. The second kappa shape index (κ2) is 19.0. The lowest BCUT2D eigenvalue weighted by atomic mass is 10.1. The predicted molar refractivity (Wildman–Crippen MR) is 170 cm³/mol. The summed E-state index contributed by atoms with van der Waals surface area (Å²) < 4.78 is 45.0. The normalized spacial score (nSPS) is 11.0. The van der Waals surface area contributed by atoms with Crippen LogP contribution in [-0.4, -0.2) is 54.2 Å². The van der Waals surface area contributed by atoms with Crippen LogP contribution in [0, 0.1) is 0 Å². The first-order chi connectivity index (χ1) is 21.7. The zero-order chi connectivity index (χ0) is 30.7. The van der Waals surface area contributed by atoms with E-state index in [2.05, 4.69) is 0 Å². The molecule has 0 radical (unpaired) electrons. The Morgan fingerprint density at radius 3 is 1.55 bits per heavy atom. The first-order valence-electron chi connectivity index (χ1n) is 14.4. The number of rotatable bonds is 20. The Morgan fingerprint density at radius 1 is 0.477 bits per heavy atom. The number of hydrogen-bond donors (Lipinski definition) is 0. The van der Waals surface area contributed by atoms with E-state index in [4.69, 9.17) is 37.9 Å². The third-order valence-electron chi connectivity index (χ3n) is 6.29. The van der Waals surface area contributed by atoms with Crippen LogP contribution >= 0.6 is 0 Å². The minimum atomic E-state index is 0.0559. The van der Waals surface area contributed by atoms with E-state index in [0.29, 0.717) is 62.6 Å². The van der Waals surface area contributed by atoms with Crippen molar-refractivity contribution in [3.63, 3.8) is 0 Å². The molecule has 0 saturated heterocycles. The summed E-state index contributed by atoms with van der Waals surface area (Å²) in [7, 11) is 3.25. The average molecular weight is 601 g/mol. The molecule has 0 aliphatic rings. The number of ether oxygens (including phenoxy) is 8. The molecule has 0 aliphatic heterocycles. The van der Waals surface area contributed by atoms with E-state index in [1.165, 1.54) is 0 Å². The first-order valence-corrected chi connectivity index (χ1v) is 14.4. The highest BCUT2D eigenvalue weighted by Gasteiger charge is 2.08. The molecule has 44 heavy (non-hydrogen) atoms. The van der Waals surface area contributed by atoms with Gasteiger partial charge in [-0.2, -0.15) is 0 Å². The zero-order valence-corrected chi connectivity index (χ0v) is 25.3. The topological polar surface area (TPSA) is 73.8 Å². The molecule has 8 heteroatoms. The highest BCUT2D eigenvalue weighted by molar-refractivity contribution is 5.72. The molecule has 0 bridgehead atoms. The molecule has 0 N–H and O–H groups in total. The Balaban J connectivity index is 1.49. The molecule has 4 aromatic rings. The van der Waals surface area contributed by atoms with Crippen molar-refractivity contribution < 1.29 is 37.9 Å². The second-order valence-corrected chi connectivity index (χ2v) is 9.65. The van der Waals surface area contributed by atoms with Gasteiger partial charge in [0.1, 0.15) is 24.7 Å². The van der Waals surface area contributed by atoms with Gasteiger partial charge in [0.2, 0.25) is 0 Å². The average Bonchev–Trinajstić information content (AvgIpc) is 3.07. The molecule has 0 saturated carbocycles. The fraction of sp³-hybridized carbons (Fsp3) is 0.278. The summed E-state index contributed by atoms with van der Waals surface area (Å²) in [4.78, 5) is 0. The van der Waals surface area contributed by atoms with Gasteiger partial charge >= 0.3 is 0 Å². The lowest BCUT2D eigenvalue weighted by Gasteiger charge is -2.14. The van der Waals surface area contributed by atoms with Crippen molar-refractivity contribution in [2.45, 2.75) is 13.2 Å². The minimum absolute atomic E-state index is 0.0559. The van der Waals surface area contributed by atoms with E-state index in [-0.39, 0.29) is 13.6 Å². The molecule has 0 amide bonds. The Morgan fingerprint density at radius 2 is 1.00 bits per heavy atom. The van der Waals surface area contributed by atoms with Gasteiger partial charge in [-0.1, -0.05) is 78.9 Å². The maximum atomic E-state index is 6.15. The number of methoxy groups -OCH3 is 2. The standard InChI is InChI=1S/C36H40O8/c1-37-17-19-39-27-43-35-16-15-29(23-36(35)44-28-40-20-18-38-2)13-14-32-21-33(41-25-30-9-5-3-6-10-30)24-34(22-32)42-26-31-11-7-4-8-12-31/h3-16,21-24H,17-20,25-28H2,1-2H3/b14-13+. The molecular formula is C36H40O8. The summed E-state index contributed by atoms with van der Waals surface area (Å²) in [6, 6.07) is 31.7. The largest absolute Gasteiger partial charge is 0.489 e. The van der Waals surface area contributed by atoms with E-state index >= 15 is 0 Å². The highest BCUT2D eigenvalue weighted by atomic mass is 16.7. The van der Waals surface area contributed by atoms with Crippen molar-refractivity contribution in [3.8, 4) is 23.0 Å². The summed E-state index contributed by atoms with van der Waals surface area (Å²) >= 11 is 0. The van der Waals surface area contributed by atoms with Crippen LogP contribution in [0.2, 0.25) is 0 Å². The van der Waals surface area contributed by atoms with Crippen LogP contribution in [0.15, 0.2) is 97.1 Å². The monoisotopic (exact) mass is 600 g/mol. The summed E-state index contributed by atoms with van der Waals surface area (Å²) in [6.07, 6.45) is 4.00. The second-order valence-electron chi connectivity index (χ2n) is 9.65.